The maximum atomic E-state index is 12.5. The molecule has 2 saturated heterocycles. The lowest BCUT2D eigenvalue weighted by Gasteiger charge is -2.28. The molecular formula is C104H150N22O11. The first-order chi connectivity index (χ1) is 61.9. The second-order valence-corrected chi connectivity index (χ2v) is 40.5. The minimum atomic E-state index is -1.02. The topological polar surface area (TPSA) is 400 Å². The Labute approximate surface area is 807 Å². The number of ketones is 1. The second-order valence-electron chi connectivity index (χ2n) is 40.5. The highest BCUT2D eigenvalue weighted by Gasteiger charge is 2.31. The molecule has 3 fully saturated rings. The number of aliphatic imine (C=N–C) groups is 2. The molecule has 6 N–H and O–H groups in total. The minimum absolute atomic E-state index is 0. The summed E-state index contributed by atoms with van der Waals surface area (Å²) in [5.41, 5.74) is 19.9. The van der Waals surface area contributed by atoms with Crippen molar-refractivity contribution in [2.24, 2.45) is 21.1 Å². The van der Waals surface area contributed by atoms with Gasteiger partial charge in [-0.1, -0.05) is 219 Å². The smallest absolute Gasteiger partial charge is 0.358 e. The summed E-state index contributed by atoms with van der Waals surface area (Å²) in [6, 6.07) is 23.9. The number of ether oxygens (including phenoxy) is 3. The SMILES string of the molecule is C.C.C.C.C.CC(=O)C1=NC2C=C(C(C)(C)C)C=CC2N=C1.CC(C)(C)c1ccc2ncc(C(=O)NC3CC3)n2c1.CC(C)(C)c1ccc2ncc(C(=O)NC3CCOCC3)n2c1.CC(C)(C)c1ccc2ncc(C(=O)NCCN3CCOCC3)n2c1.CC(C)(C)c1ccc2ncc(C(=O)O)n2n1.CC(C)(C)c1ccc2ncc(C(N)=O)n2n1.CCOC(=O)c1cnc2ccc(C(C)(C)C)nn12. The van der Waals surface area contributed by atoms with Gasteiger partial charge in [0.1, 0.15) is 45.4 Å². The number of esters is 1. The highest BCUT2D eigenvalue weighted by atomic mass is 16.5. The molecule has 742 valence electrons. The molecule has 2 unspecified atom stereocenters. The van der Waals surface area contributed by atoms with Gasteiger partial charge in [-0.15, -0.1) is 0 Å². The number of primary amides is 1. The Kier molecular flexibility index (Phi) is 38.5. The predicted molar refractivity (Wildman–Crippen MR) is 544 cm³/mol. The normalized spacial score (nSPS) is 15.5. The Morgan fingerprint density at radius 3 is 1.19 bits per heavy atom. The van der Waals surface area contributed by atoms with E-state index in [1.165, 1.54) is 56.8 Å². The zero-order valence-electron chi connectivity index (χ0n) is 80.6. The van der Waals surface area contributed by atoms with Crippen molar-refractivity contribution in [2.75, 3.05) is 59.2 Å². The van der Waals surface area contributed by atoms with Gasteiger partial charge in [0, 0.05) is 93.2 Å². The van der Waals surface area contributed by atoms with E-state index in [4.69, 9.17) is 25.1 Å². The van der Waals surface area contributed by atoms with Crippen LogP contribution in [-0.2, 0) is 51.5 Å². The fourth-order valence-electron chi connectivity index (χ4n) is 14.0. The summed E-state index contributed by atoms with van der Waals surface area (Å²) in [6.07, 6.45) is 27.1. The van der Waals surface area contributed by atoms with Crippen LogP contribution in [-0.4, -0.2) is 219 Å². The minimum Gasteiger partial charge on any atom is -0.476 e. The highest BCUT2D eigenvalue weighted by molar-refractivity contribution is 6.61. The molecule has 4 amide bonds. The molecule has 5 aliphatic rings. The first-order valence-corrected chi connectivity index (χ1v) is 44.9. The number of pyridine rings is 3. The maximum absolute atomic E-state index is 12.5. The predicted octanol–water partition coefficient (Wildman–Crippen LogP) is 17.4. The number of nitrogens with zero attached hydrogens (tertiary/aromatic N) is 18. The highest BCUT2D eigenvalue weighted by Crippen LogP contribution is 2.33. The van der Waals surface area contributed by atoms with Crippen molar-refractivity contribution in [1.82, 2.24) is 92.8 Å². The number of fused-ring (bicyclic) bond motifs is 7. The van der Waals surface area contributed by atoms with Crippen molar-refractivity contribution in [3.05, 3.63) is 220 Å². The molecule has 17 rings (SSSR count). The third kappa shape index (κ3) is 29.6. The lowest BCUT2D eigenvalue weighted by Crippen LogP contribution is -2.41. The second kappa shape index (κ2) is 46.8. The van der Waals surface area contributed by atoms with Crippen LogP contribution in [0.1, 0.15) is 319 Å². The Hall–Kier alpha value is -12.9. The molecule has 15 heterocycles. The fourth-order valence-corrected chi connectivity index (χ4v) is 14.0. The zero-order valence-corrected chi connectivity index (χ0v) is 80.6. The van der Waals surface area contributed by atoms with Crippen LogP contribution in [0.5, 0.6) is 0 Å². The van der Waals surface area contributed by atoms with Gasteiger partial charge in [-0.05, 0) is 131 Å². The lowest BCUT2D eigenvalue weighted by molar-refractivity contribution is -0.110. The summed E-state index contributed by atoms with van der Waals surface area (Å²) >= 11 is 0. The molecule has 12 aromatic rings. The number of allylic oxidation sites excluding steroid dienone is 2. The van der Waals surface area contributed by atoms with Gasteiger partial charge in [0.2, 0.25) is 0 Å². The van der Waals surface area contributed by atoms with E-state index in [-0.39, 0.29) is 122 Å². The summed E-state index contributed by atoms with van der Waals surface area (Å²) in [5, 5.41) is 31.2. The number of carbonyl (C=O) groups is 7. The summed E-state index contributed by atoms with van der Waals surface area (Å²) in [7, 11) is 0. The van der Waals surface area contributed by atoms with Crippen molar-refractivity contribution in [1.29, 1.82) is 0 Å². The third-order valence-electron chi connectivity index (χ3n) is 22.5. The average molecular weight is 1880 g/mol. The van der Waals surface area contributed by atoms with Crippen LogP contribution in [0.4, 0.5) is 0 Å². The number of aromatic nitrogens is 15. The van der Waals surface area contributed by atoms with E-state index in [9.17, 15) is 33.6 Å². The summed E-state index contributed by atoms with van der Waals surface area (Å²) in [5.74, 6) is -2.14. The van der Waals surface area contributed by atoms with Gasteiger partial charge in [-0.3, -0.25) is 52.1 Å². The largest absolute Gasteiger partial charge is 0.476 e. The Balaban J connectivity index is 0.000000245. The Bertz CT molecular complexity index is 6190. The zero-order chi connectivity index (χ0) is 96.3. The van der Waals surface area contributed by atoms with E-state index in [1.54, 1.807) is 42.3 Å². The number of rotatable bonds is 13. The molecule has 0 radical (unpaired) electrons. The summed E-state index contributed by atoms with van der Waals surface area (Å²) in [6.45, 7) is 54.4. The first-order valence-electron chi connectivity index (χ1n) is 44.9. The van der Waals surface area contributed by atoms with Crippen molar-refractivity contribution in [3.63, 3.8) is 0 Å². The van der Waals surface area contributed by atoms with Gasteiger partial charge in [0.25, 0.3) is 23.6 Å². The Morgan fingerprint density at radius 2 is 0.810 bits per heavy atom. The number of hydrogen-bond donors (Lipinski definition) is 5. The van der Waals surface area contributed by atoms with Crippen LogP contribution in [0.3, 0.4) is 0 Å². The van der Waals surface area contributed by atoms with Crippen molar-refractivity contribution in [3.8, 4) is 0 Å². The molecule has 0 aromatic carbocycles. The molecule has 33 heteroatoms. The van der Waals surface area contributed by atoms with E-state index in [1.807, 2.05) is 101 Å². The number of carboxylic acid groups (broad SMARTS) is 1. The van der Waals surface area contributed by atoms with E-state index in [0.717, 1.165) is 92.6 Å². The van der Waals surface area contributed by atoms with Gasteiger partial charge >= 0.3 is 11.9 Å². The molecule has 33 nitrogen and oxygen atoms in total. The van der Waals surface area contributed by atoms with Crippen molar-refractivity contribution >= 4 is 87.2 Å². The van der Waals surface area contributed by atoms with Crippen LogP contribution >= 0.6 is 0 Å². The van der Waals surface area contributed by atoms with E-state index in [0.29, 0.717) is 83.5 Å². The number of amides is 4. The van der Waals surface area contributed by atoms with Gasteiger partial charge in [0.15, 0.2) is 34.1 Å². The fraction of sp³-hybridized carbons (Fsp3) is 0.500. The molecule has 1 saturated carbocycles. The van der Waals surface area contributed by atoms with Gasteiger partial charge in [-0.2, -0.15) is 15.3 Å². The molecule has 2 atom stereocenters. The number of imidazole rings is 6. The monoisotopic (exact) mass is 1880 g/mol. The molecule has 137 heavy (non-hydrogen) atoms. The molecule has 3 aliphatic heterocycles. The average Bonchev–Trinajstić information content (AvgIpc) is 1.57. The van der Waals surface area contributed by atoms with Gasteiger partial charge in [-0.25, -0.2) is 53.0 Å². The first kappa shape index (κ1) is 113. The third-order valence-corrected chi connectivity index (χ3v) is 22.5. The summed E-state index contributed by atoms with van der Waals surface area (Å²) in [4.78, 5) is 119. The van der Waals surface area contributed by atoms with Crippen LogP contribution in [0.2, 0.25) is 0 Å². The lowest BCUT2D eigenvalue weighted by atomic mass is 9.81. The number of Topliss-reactive ketones (excluding diaryl/α,β-unsaturated/α-hetero) is 1. The van der Waals surface area contributed by atoms with Gasteiger partial charge < -0.3 is 41.0 Å². The van der Waals surface area contributed by atoms with E-state index < -0.39 is 17.8 Å². The standard InChI is InChI=1S/C18H26N4O2.C17H23N3O2.C15H19N3O.C14H18N2O.C13H17N3O2.C11H14N4O.C11H13N3O2.5CH4/c1-18(2,3)14-4-5-16-20-12-15(22(16)13-14)17(23)19-6-7-21-8-10-24-11-9-21;1-17(2,3)12-4-5-15-18-10-14(20(15)11-12)16(21)19-13-6-8-22-9-7-13;1-15(2,3)10-4-7-13-16-8-12(18(13)9-10)14(19)17-11-5-6-11;1-9(17)13-8-15-11-6-5-10(14(2,3)4)7-12(11)16-13;1-5-18-12(17)9-8-14-11-7-6-10(13(2,3)4)15-16(9)11;1-11(2,3)8-4-5-9-13-6-7(10(12)16)15(9)14-8;1-11(2,3)8-4-5-9-12-6-7(10(15)16)14(9)13-8;;;;;/h4-5,12-13H,6-11H2,1-3H3,(H,19,23);4-5,10-11,13H,6-9H2,1-3H3,(H,19,21);4,7-9,11H,5-6H2,1-3H3,(H,17,19);5-8,11-12H,1-4H3;6-8H,5H2,1-4H3;4-6H,1-3H3,(H2,12,16);4-6H,1-3H3,(H,15,16);5*1H4. The molecule has 2 aliphatic carbocycles. The quantitative estimate of drug-likeness (QED) is 0.0669. The molecule has 0 bridgehead atoms. The van der Waals surface area contributed by atoms with Crippen LogP contribution in [0.15, 0.2) is 162 Å². The van der Waals surface area contributed by atoms with E-state index in [2.05, 4.69) is 237 Å². The maximum Gasteiger partial charge on any atom is 0.358 e. The number of morpholine rings is 1. The van der Waals surface area contributed by atoms with Crippen LogP contribution in [0.25, 0.3) is 33.9 Å². The summed E-state index contributed by atoms with van der Waals surface area (Å²) < 4.78 is 25.7. The number of nitrogens with one attached hydrogen (secondary N) is 3. The number of carboxylic acids is 1. The van der Waals surface area contributed by atoms with Gasteiger partial charge in [0.05, 0.1) is 92.4 Å². The Morgan fingerprint density at radius 1 is 0.445 bits per heavy atom. The van der Waals surface area contributed by atoms with Crippen LogP contribution in [0, 0.1) is 5.41 Å². The number of carbonyl (C=O) groups excluding carboxylic acids is 6. The molecule has 0 spiro atoms. The molecule has 12 aromatic heterocycles. The number of nitrogens with two attached hydrogens (primary N) is 1. The van der Waals surface area contributed by atoms with Crippen molar-refractivity contribution in [2.45, 2.75) is 279 Å². The number of aromatic carboxylic acids is 1. The van der Waals surface area contributed by atoms with Crippen molar-refractivity contribution < 1.29 is 52.9 Å². The van der Waals surface area contributed by atoms with E-state index >= 15 is 0 Å². The van der Waals surface area contributed by atoms with Crippen LogP contribution < -0.4 is 21.7 Å². The molecular weight excluding hydrogens is 1730 g/mol. The number of hydrogen-bond acceptors (Lipinski definition) is 22.